The maximum absolute atomic E-state index is 13.0. The van der Waals surface area contributed by atoms with Gasteiger partial charge in [0.1, 0.15) is 5.75 Å². The van der Waals surface area contributed by atoms with Crippen molar-refractivity contribution >= 4 is 33.2 Å². The predicted octanol–water partition coefficient (Wildman–Crippen LogP) is 2.78. The summed E-state index contributed by atoms with van der Waals surface area (Å²) < 4.78 is 32.3. The Balaban J connectivity index is 1.75. The first kappa shape index (κ1) is 19.6. The van der Waals surface area contributed by atoms with Crippen molar-refractivity contribution in [3.05, 3.63) is 47.7 Å². The molecule has 9 heteroatoms. The van der Waals surface area contributed by atoms with Gasteiger partial charge in [-0.05, 0) is 43.2 Å². The van der Waals surface area contributed by atoms with Crippen molar-refractivity contribution in [2.24, 2.45) is 5.92 Å². The van der Waals surface area contributed by atoms with Gasteiger partial charge in [-0.2, -0.15) is 4.31 Å². The van der Waals surface area contributed by atoms with Crippen LogP contribution in [-0.2, 0) is 14.8 Å². The third kappa shape index (κ3) is 4.40. The summed E-state index contributed by atoms with van der Waals surface area (Å²) in [5.41, 5.74) is 0.587. The second-order valence-electron chi connectivity index (χ2n) is 6.23. The number of methoxy groups -OCH3 is 1. The number of amides is 1. The zero-order chi connectivity index (χ0) is 19.4. The van der Waals surface area contributed by atoms with Crippen LogP contribution in [0.2, 0.25) is 5.02 Å². The number of rotatable bonds is 5. The molecule has 1 aromatic carbocycles. The van der Waals surface area contributed by atoms with E-state index in [1.54, 1.807) is 24.5 Å². The van der Waals surface area contributed by atoms with Crippen molar-refractivity contribution in [2.45, 2.75) is 17.7 Å². The Morgan fingerprint density at radius 3 is 2.85 bits per heavy atom. The molecule has 0 spiro atoms. The number of aromatic nitrogens is 1. The Bertz CT molecular complexity index is 921. The Morgan fingerprint density at radius 1 is 1.37 bits per heavy atom. The van der Waals surface area contributed by atoms with Gasteiger partial charge in [-0.15, -0.1) is 0 Å². The Morgan fingerprint density at radius 2 is 2.19 bits per heavy atom. The number of benzene rings is 1. The number of piperidine rings is 1. The lowest BCUT2D eigenvalue weighted by Crippen LogP contribution is -2.43. The van der Waals surface area contributed by atoms with Gasteiger partial charge in [0, 0.05) is 19.3 Å². The molecule has 0 radical (unpaired) electrons. The van der Waals surface area contributed by atoms with Gasteiger partial charge in [0.25, 0.3) is 0 Å². The van der Waals surface area contributed by atoms with Crippen molar-refractivity contribution in [1.29, 1.82) is 0 Å². The standard InChI is InChI=1S/C18H20ClN3O4S/c1-26-17-7-6-15(10-16(17)19)27(24,25)22-9-3-4-13(12-22)18(23)21-14-5-2-8-20-11-14/h2,5-8,10-11,13H,3-4,9,12H2,1H3,(H,21,23)/t13-/m0/s1. The molecular formula is C18H20ClN3O4S. The first-order valence-electron chi connectivity index (χ1n) is 8.46. The van der Waals surface area contributed by atoms with E-state index < -0.39 is 15.9 Å². The largest absolute Gasteiger partial charge is 0.495 e. The van der Waals surface area contributed by atoms with E-state index in [4.69, 9.17) is 16.3 Å². The summed E-state index contributed by atoms with van der Waals surface area (Å²) in [6.45, 7) is 0.487. The first-order chi connectivity index (χ1) is 12.9. The topological polar surface area (TPSA) is 88.6 Å². The highest BCUT2D eigenvalue weighted by Gasteiger charge is 2.33. The van der Waals surface area contributed by atoms with E-state index in [1.807, 2.05) is 0 Å². The number of nitrogens with one attached hydrogen (secondary N) is 1. The van der Waals surface area contributed by atoms with Crippen LogP contribution >= 0.6 is 11.6 Å². The fraction of sp³-hybridized carbons (Fsp3) is 0.333. The minimum absolute atomic E-state index is 0.0848. The van der Waals surface area contributed by atoms with Crippen molar-refractivity contribution in [1.82, 2.24) is 9.29 Å². The molecule has 0 aliphatic carbocycles. The fourth-order valence-corrected chi connectivity index (χ4v) is 4.89. The molecule has 2 heterocycles. The Labute approximate surface area is 163 Å². The van der Waals surface area contributed by atoms with Crippen LogP contribution in [-0.4, -0.2) is 43.8 Å². The van der Waals surface area contributed by atoms with Gasteiger partial charge in [-0.25, -0.2) is 8.42 Å². The molecule has 0 unspecified atom stereocenters. The Kier molecular flexibility index (Phi) is 5.98. The summed E-state index contributed by atoms with van der Waals surface area (Å²) in [6, 6.07) is 7.81. The van der Waals surface area contributed by atoms with Gasteiger partial charge in [0.2, 0.25) is 15.9 Å². The van der Waals surface area contributed by atoms with Crippen LogP contribution in [0.4, 0.5) is 5.69 Å². The lowest BCUT2D eigenvalue weighted by atomic mass is 9.99. The lowest BCUT2D eigenvalue weighted by molar-refractivity contribution is -0.120. The molecule has 1 aromatic heterocycles. The summed E-state index contributed by atoms with van der Waals surface area (Å²) in [4.78, 5) is 16.6. The van der Waals surface area contributed by atoms with Gasteiger partial charge in [0.15, 0.2) is 0 Å². The number of sulfonamides is 1. The second kappa shape index (κ2) is 8.24. The van der Waals surface area contributed by atoms with Gasteiger partial charge in [-0.1, -0.05) is 11.6 Å². The van der Waals surface area contributed by atoms with Gasteiger partial charge in [0.05, 0.1) is 34.8 Å². The summed E-state index contributed by atoms with van der Waals surface area (Å²) in [7, 11) is -2.28. The van der Waals surface area contributed by atoms with Gasteiger partial charge in [-0.3, -0.25) is 9.78 Å². The summed E-state index contributed by atoms with van der Waals surface area (Å²) in [6.07, 6.45) is 4.40. The highest BCUT2D eigenvalue weighted by atomic mass is 35.5. The van der Waals surface area contributed by atoms with Crippen molar-refractivity contribution in [3.8, 4) is 5.75 Å². The normalized spacial score (nSPS) is 18.1. The molecule has 1 aliphatic rings. The van der Waals surface area contributed by atoms with Crippen molar-refractivity contribution in [2.75, 3.05) is 25.5 Å². The monoisotopic (exact) mass is 409 g/mol. The highest BCUT2D eigenvalue weighted by molar-refractivity contribution is 7.89. The van der Waals surface area contributed by atoms with Crippen LogP contribution in [0.15, 0.2) is 47.6 Å². The van der Waals surface area contributed by atoms with Crippen LogP contribution in [0.3, 0.4) is 0 Å². The average molecular weight is 410 g/mol. The smallest absolute Gasteiger partial charge is 0.243 e. The van der Waals surface area contributed by atoms with E-state index in [1.165, 1.54) is 29.6 Å². The molecule has 1 saturated heterocycles. The van der Waals surface area contributed by atoms with E-state index in [2.05, 4.69) is 10.3 Å². The zero-order valence-electron chi connectivity index (χ0n) is 14.8. The van der Waals surface area contributed by atoms with Crippen LogP contribution in [0.1, 0.15) is 12.8 Å². The molecule has 1 atom stereocenters. The van der Waals surface area contributed by atoms with E-state index in [0.29, 0.717) is 30.8 Å². The minimum Gasteiger partial charge on any atom is -0.495 e. The maximum Gasteiger partial charge on any atom is 0.243 e. The van der Waals surface area contributed by atoms with Crippen LogP contribution < -0.4 is 10.1 Å². The number of ether oxygens (including phenoxy) is 1. The lowest BCUT2D eigenvalue weighted by Gasteiger charge is -2.31. The fourth-order valence-electron chi connectivity index (χ4n) is 3.01. The zero-order valence-corrected chi connectivity index (χ0v) is 16.3. The molecule has 144 valence electrons. The number of hydrogen-bond donors (Lipinski definition) is 1. The first-order valence-corrected chi connectivity index (χ1v) is 10.3. The molecule has 1 fully saturated rings. The maximum atomic E-state index is 13.0. The quantitative estimate of drug-likeness (QED) is 0.820. The van der Waals surface area contributed by atoms with Crippen molar-refractivity contribution in [3.63, 3.8) is 0 Å². The molecule has 0 saturated carbocycles. The summed E-state index contributed by atoms with van der Waals surface area (Å²) in [5.74, 6) is -0.235. The molecule has 1 aliphatic heterocycles. The summed E-state index contributed by atoms with van der Waals surface area (Å²) >= 11 is 6.07. The van der Waals surface area contributed by atoms with E-state index in [0.717, 1.165) is 0 Å². The van der Waals surface area contributed by atoms with E-state index >= 15 is 0 Å². The predicted molar refractivity (Wildman–Crippen MR) is 102 cm³/mol. The van der Waals surface area contributed by atoms with Crippen LogP contribution in [0, 0.1) is 5.92 Å². The average Bonchev–Trinajstić information content (AvgIpc) is 2.68. The van der Waals surface area contributed by atoms with Crippen LogP contribution in [0.25, 0.3) is 0 Å². The number of pyridine rings is 1. The molecule has 1 N–H and O–H groups in total. The molecule has 2 aromatic rings. The number of hydrogen-bond acceptors (Lipinski definition) is 5. The minimum atomic E-state index is -3.75. The number of carbonyl (C=O) groups is 1. The van der Waals surface area contributed by atoms with Crippen LogP contribution in [0.5, 0.6) is 5.75 Å². The number of carbonyl (C=O) groups excluding carboxylic acids is 1. The molecule has 3 rings (SSSR count). The third-order valence-electron chi connectivity index (χ3n) is 4.45. The number of halogens is 1. The molecular weight excluding hydrogens is 390 g/mol. The molecule has 27 heavy (non-hydrogen) atoms. The van der Waals surface area contributed by atoms with E-state index in [9.17, 15) is 13.2 Å². The molecule has 1 amide bonds. The molecule has 7 nitrogen and oxygen atoms in total. The van der Waals surface area contributed by atoms with Gasteiger partial charge < -0.3 is 10.1 Å². The number of nitrogens with zero attached hydrogens (tertiary/aromatic N) is 2. The summed E-state index contributed by atoms with van der Waals surface area (Å²) in [5, 5.41) is 3.01. The highest BCUT2D eigenvalue weighted by Crippen LogP contribution is 2.30. The van der Waals surface area contributed by atoms with Gasteiger partial charge >= 0.3 is 0 Å². The Hall–Kier alpha value is -2.16. The number of anilines is 1. The third-order valence-corrected chi connectivity index (χ3v) is 6.60. The van der Waals surface area contributed by atoms with Crippen molar-refractivity contribution < 1.29 is 17.9 Å². The van der Waals surface area contributed by atoms with E-state index in [-0.39, 0.29) is 22.4 Å². The molecule has 0 bridgehead atoms. The SMILES string of the molecule is COc1ccc(S(=O)(=O)N2CCC[C@H](C(=O)Nc3cccnc3)C2)cc1Cl. The second-order valence-corrected chi connectivity index (χ2v) is 8.57.